The van der Waals surface area contributed by atoms with Crippen molar-refractivity contribution < 1.29 is 22.7 Å². The van der Waals surface area contributed by atoms with Crippen LogP contribution in [0.2, 0.25) is 0 Å². The second kappa shape index (κ2) is 8.90. The van der Waals surface area contributed by atoms with Crippen LogP contribution in [-0.2, 0) is 0 Å². The summed E-state index contributed by atoms with van der Waals surface area (Å²) >= 11 is 0. The molecule has 0 spiro atoms. The fourth-order valence-electron chi connectivity index (χ4n) is 3.73. The number of nitrogens with zero attached hydrogens (tertiary/aromatic N) is 2. The van der Waals surface area contributed by atoms with Crippen LogP contribution in [0.25, 0.3) is 11.1 Å². The topological polar surface area (TPSA) is 54.5 Å². The highest BCUT2D eigenvalue weighted by Gasteiger charge is 2.31. The molecule has 1 aliphatic rings. The number of amides is 1. The first-order valence-electron chi connectivity index (χ1n) is 10.3. The summed E-state index contributed by atoms with van der Waals surface area (Å²) in [5, 5.41) is 2.69. The number of halogens is 3. The molecule has 0 bridgehead atoms. The van der Waals surface area contributed by atoms with E-state index in [4.69, 9.17) is 0 Å². The molecule has 1 atom stereocenters. The lowest BCUT2D eigenvalue weighted by Gasteiger charge is -2.21. The molecular weight excluding hydrogens is 419 g/mol. The minimum Gasteiger partial charge on any atom is -0.406 e. The maximum absolute atomic E-state index is 12.8. The van der Waals surface area contributed by atoms with E-state index in [2.05, 4.69) is 26.9 Å². The summed E-state index contributed by atoms with van der Waals surface area (Å²) in [5.74, 6) is 0.659. The Labute approximate surface area is 183 Å². The van der Waals surface area contributed by atoms with Crippen molar-refractivity contribution in [2.24, 2.45) is 5.92 Å². The van der Waals surface area contributed by atoms with Gasteiger partial charge in [0, 0.05) is 30.5 Å². The SMILES string of the molecule is C[C@@H]1CCN(c2ncc(C(=O)Nc3ccc(OC(F)(F)F)cc3)cc2-c2ccccc2)C1. The van der Waals surface area contributed by atoms with E-state index in [1.165, 1.54) is 18.3 Å². The highest BCUT2D eigenvalue weighted by Crippen LogP contribution is 2.33. The number of ether oxygens (including phenoxy) is 1. The Morgan fingerprint density at radius 3 is 2.47 bits per heavy atom. The number of pyridine rings is 1. The van der Waals surface area contributed by atoms with Crippen molar-refractivity contribution in [1.29, 1.82) is 0 Å². The van der Waals surface area contributed by atoms with E-state index >= 15 is 0 Å². The number of carbonyl (C=O) groups is 1. The summed E-state index contributed by atoms with van der Waals surface area (Å²) < 4.78 is 40.8. The summed E-state index contributed by atoms with van der Waals surface area (Å²) in [6.07, 6.45) is -2.15. The van der Waals surface area contributed by atoms with Gasteiger partial charge < -0.3 is 15.0 Å². The average Bonchev–Trinajstić information content (AvgIpc) is 3.20. The van der Waals surface area contributed by atoms with Gasteiger partial charge >= 0.3 is 6.36 Å². The van der Waals surface area contributed by atoms with Gasteiger partial charge in [-0.1, -0.05) is 37.3 Å². The van der Waals surface area contributed by atoms with Crippen molar-refractivity contribution >= 4 is 17.4 Å². The van der Waals surface area contributed by atoms with Crippen molar-refractivity contribution in [1.82, 2.24) is 4.98 Å². The number of hydrogen-bond acceptors (Lipinski definition) is 4. The van der Waals surface area contributed by atoms with Crippen molar-refractivity contribution in [2.75, 3.05) is 23.3 Å². The number of carbonyl (C=O) groups excluding carboxylic acids is 1. The molecule has 2 aromatic carbocycles. The number of alkyl halides is 3. The van der Waals surface area contributed by atoms with Crippen molar-refractivity contribution in [3.05, 3.63) is 72.4 Å². The normalized spacial score (nSPS) is 16.1. The first-order valence-corrected chi connectivity index (χ1v) is 10.3. The Balaban J connectivity index is 1.57. The van der Waals surface area contributed by atoms with Crippen LogP contribution in [0.1, 0.15) is 23.7 Å². The lowest BCUT2D eigenvalue weighted by atomic mass is 10.0. The van der Waals surface area contributed by atoms with Gasteiger partial charge in [0.1, 0.15) is 11.6 Å². The molecule has 1 amide bonds. The van der Waals surface area contributed by atoms with E-state index in [1.807, 2.05) is 30.3 Å². The van der Waals surface area contributed by atoms with Crippen LogP contribution in [0.3, 0.4) is 0 Å². The molecule has 5 nitrogen and oxygen atoms in total. The zero-order valence-corrected chi connectivity index (χ0v) is 17.4. The molecule has 0 radical (unpaired) electrons. The van der Waals surface area contributed by atoms with Crippen LogP contribution < -0.4 is 15.0 Å². The lowest BCUT2D eigenvalue weighted by molar-refractivity contribution is -0.274. The molecule has 1 aromatic heterocycles. The van der Waals surface area contributed by atoms with Crippen LogP contribution in [0.5, 0.6) is 5.75 Å². The largest absolute Gasteiger partial charge is 0.573 e. The van der Waals surface area contributed by atoms with Crippen molar-refractivity contribution in [3.63, 3.8) is 0 Å². The van der Waals surface area contributed by atoms with Crippen molar-refractivity contribution in [3.8, 4) is 16.9 Å². The summed E-state index contributed by atoms with van der Waals surface area (Å²) in [7, 11) is 0. The number of nitrogens with one attached hydrogen (secondary N) is 1. The average molecular weight is 441 g/mol. The van der Waals surface area contributed by atoms with E-state index < -0.39 is 12.3 Å². The highest BCUT2D eigenvalue weighted by molar-refractivity contribution is 6.05. The van der Waals surface area contributed by atoms with E-state index in [0.717, 1.165) is 48.6 Å². The third kappa shape index (κ3) is 5.19. The molecule has 1 aliphatic heterocycles. The molecular formula is C24H22F3N3O2. The van der Waals surface area contributed by atoms with E-state index in [0.29, 0.717) is 17.2 Å². The first kappa shape index (κ1) is 21.7. The van der Waals surface area contributed by atoms with E-state index in [-0.39, 0.29) is 5.75 Å². The molecule has 0 saturated carbocycles. The fraction of sp³-hybridized carbons (Fsp3) is 0.250. The molecule has 166 valence electrons. The quantitative estimate of drug-likeness (QED) is 0.548. The van der Waals surface area contributed by atoms with Crippen LogP contribution in [-0.4, -0.2) is 30.3 Å². The van der Waals surface area contributed by atoms with E-state index in [1.54, 1.807) is 6.07 Å². The number of rotatable bonds is 5. The summed E-state index contributed by atoms with van der Waals surface area (Å²) in [6.45, 7) is 4.02. The smallest absolute Gasteiger partial charge is 0.406 e. The first-order chi connectivity index (χ1) is 15.3. The minimum atomic E-state index is -4.76. The van der Waals surface area contributed by atoms with Gasteiger partial charge in [-0.2, -0.15) is 0 Å². The molecule has 1 fully saturated rings. The third-order valence-electron chi connectivity index (χ3n) is 5.28. The van der Waals surface area contributed by atoms with Gasteiger partial charge in [0.2, 0.25) is 0 Å². The monoisotopic (exact) mass is 441 g/mol. The molecule has 2 heterocycles. The Bertz CT molecular complexity index is 1090. The van der Waals surface area contributed by atoms with Gasteiger partial charge in [-0.05, 0) is 48.2 Å². The van der Waals surface area contributed by atoms with Crippen molar-refractivity contribution in [2.45, 2.75) is 19.7 Å². The molecule has 8 heteroatoms. The van der Waals surface area contributed by atoms with Crippen LogP contribution >= 0.6 is 0 Å². The molecule has 1 N–H and O–H groups in total. The zero-order valence-electron chi connectivity index (χ0n) is 17.4. The molecule has 4 rings (SSSR count). The Kier molecular flexibility index (Phi) is 6.03. The third-order valence-corrected chi connectivity index (χ3v) is 5.28. The van der Waals surface area contributed by atoms with Gasteiger partial charge in [-0.3, -0.25) is 4.79 Å². The van der Waals surface area contributed by atoms with Gasteiger partial charge in [0.25, 0.3) is 5.91 Å². The molecule has 32 heavy (non-hydrogen) atoms. The fourth-order valence-corrected chi connectivity index (χ4v) is 3.73. The minimum absolute atomic E-state index is 0.350. The predicted molar refractivity (Wildman–Crippen MR) is 117 cm³/mol. The molecule has 0 aliphatic carbocycles. The summed E-state index contributed by atoms with van der Waals surface area (Å²) in [4.78, 5) is 19.7. The van der Waals surface area contributed by atoms with Gasteiger partial charge in [0.15, 0.2) is 0 Å². The number of anilines is 2. The summed E-state index contributed by atoms with van der Waals surface area (Å²) in [5.41, 5.74) is 2.53. The zero-order chi connectivity index (χ0) is 22.7. The molecule has 0 unspecified atom stereocenters. The second-order valence-corrected chi connectivity index (χ2v) is 7.83. The second-order valence-electron chi connectivity index (χ2n) is 7.83. The van der Waals surface area contributed by atoms with Crippen LogP contribution in [0.4, 0.5) is 24.7 Å². The predicted octanol–water partition coefficient (Wildman–Crippen LogP) is 5.75. The molecule has 1 saturated heterocycles. The lowest BCUT2D eigenvalue weighted by Crippen LogP contribution is -2.22. The maximum atomic E-state index is 12.8. The van der Waals surface area contributed by atoms with Crippen LogP contribution in [0, 0.1) is 5.92 Å². The Morgan fingerprint density at radius 2 is 1.84 bits per heavy atom. The Hall–Kier alpha value is -3.55. The van der Waals surface area contributed by atoms with E-state index in [9.17, 15) is 18.0 Å². The molecule has 3 aromatic rings. The summed E-state index contributed by atoms with van der Waals surface area (Å²) in [6, 6.07) is 16.5. The van der Waals surface area contributed by atoms with Gasteiger partial charge in [0.05, 0.1) is 5.56 Å². The Morgan fingerprint density at radius 1 is 1.12 bits per heavy atom. The van der Waals surface area contributed by atoms with Gasteiger partial charge in [-0.15, -0.1) is 13.2 Å². The standard InChI is InChI=1S/C24H22F3N3O2/c1-16-11-12-30(15-16)22-21(17-5-3-2-4-6-17)13-18(14-28-22)23(31)29-19-7-9-20(10-8-19)32-24(25,26)27/h2-10,13-14,16H,11-12,15H2,1H3,(H,29,31)/t16-/m1/s1. The number of benzene rings is 2. The number of aromatic nitrogens is 1. The number of hydrogen-bond donors (Lipinski definition) is 1. The van der Waals surface area contributed by atoms with Gasteiger partial charge in [-0.25, -0.2) is 4.98 Å². The highest BCUT2D eigenvalue weighted by atomic mass is 19.4. The maximum Gasteiger partial charge on any atom is 0.573 e. The van der Waals surface area contributed by atoms with Crippen LogP contribution in [0.15, 0.2) is 66.9 Å².